The molecule has 3 aromatic rings. The van der Waals surface area contributed by atoms with Crippen LogP contribution in [0.4, 0.5) is 0 Å². The van der Waals surface area contributed by atoms with E-state index in [-0.39, 0.29) is 16.2 Å². The fraction of sp³-hybridized carbons (Fsp3) is 0.133. The van der Waals surface area contributed by atoms with Crippen molar-refractivity contribution in [3.05, 3.63) is 67.8 Å². The van der Waals surface area contributed by atoms with Crippen molar-refractivity contribution in [2.75, 3.05) is 0 Å². The van der Waals surface area contributed by atoms with Crippen molar-refractivity contribution in [3.8, 4) is 11.8 Å². The van der Waals surface area contributed by atoms with E-state index in [4.69, 9.17) is 12.2 Å². The Morgan fingerprint density at radius 2 is 1.91 bits per heavy atom. The standard InChI is InChI=1S/C15H14N4O3S/c1-7-9(14(22)19-18-7)10(8-5-3-2-4-6-8)11-12(20)16-15(23)17-13(11)21/h2-6,10H,1H3,(H2,18,19,22)(H3,16,17,20,21,23)/t10-/m1/s1. The summed E-state index contributed by atoms with van der Waals surface area (Å²) in [4.78, 5) is 17.2. The van der Waals surface area contributed by atoms with Crippen LogP contribution in [-0.2, 0) is 0 Å². The van der Waals surface area contributed by atoms with Gasteiger partial charge in [0.2, 0.25) is 0 Å². The second-order valence-electron chi connectivity index (χ2n) is 5.13. The van der Waals surface area contributed by atoms with E-state index in [0.29, 0.717) is 16.8 Å². The molecule has 0 unspecified atom stereocenters. The molecule has 0 aliphatic rings. The van der Waals surface area contributed by atoms with Crippen molar-refractivity contribution in [2.24, 2.45) is 0 Å². The molecule has 5 N–H and O–H groups in total. The summed E-state index contributed by atoms with van der Waals surface area (Å²) in [7, 11) is 0. The molecule has 0 amide bonds. The van der Waals surface area contributed by atoms with Gasteiger partial charge in [0.05, 0.1) is 11.6 Å². The molecule has 118 valence electrons. The van der Waals surface area contributed by atoms with Gasteiger partial charge in [-0.3, -0.25) is 9.78 Å². The Kier molecular flexibility index (Phi) is 3.75. The van der Waals surface area contributed by atoms with Crippen molar-refractivity contribution in [3.63, 3.8) is 0 Å². The number of benzene rings is 1. The van der Waals surface area contributed by atoms with Gasteiger partial charge in [0.25, 0.3) is 5.56 Å². The van der Waals surface area contributed by atoms with Gasteiger partial charge in [0.15, 0.2) is 4.77 Å². The molecule has 2 heterocycles. The van der Waals surface area contributed by atoms with Gasteiger partial charge in [-0.25, -0.2) is 0 Å². The van der Waals surface area contributed by atoms with Crippen LogP contribution in [0.1, 0.15) is 28.3 Å². The monoisotopic (exact) mass is 330 g/mol. The van der Waals surface area contributed by atoms with E-state index in [1.54, 1.807) is 31.2 Å². The van der Waals surface area contributed by atoms with E-state index in [1.807, 2.05) is 6.07 Å². The van der Waals surface area contributed by atoms with E-state index >= 15 is 0 Å². The molecule has 0 bridgehead atoms. The molecule has 1 aromatic carbocycles. The van der Waals surface area contributed by atoms with Crippen LogP contribution < -0.4 is 15.8 Å². The molecular weight excluding hydrogens is 316 g/mol. The summed E-state index contributed by atoms with van der Waals surface area (Å²) in [5.74, 6) is -1.44. The number of hydrogen-bond acceptors (Lipinski definition) is 4. The highest BCUT2D eigenvalue weighted by Gasteiger charge is 2.30. The Hall–Kier alpha value is -2.87. The molecule has 0 fully saturated rings. The summed E-state index contributed by atoms with van der Waals surface area (Å²) < 4.78 is -0.0304. The molecule has 23 heavy (non-hydrogen) atoms. The van der Waals surface area contributed by atoms with Gasteiger partial charge in [-0.1, -0.05) is 35.4 Å². The van der Waals surface area contributed by atoms with Crippen LogP contribution in [0.25, 0.3) is 0 Å². The van der Waals surface area contributed by atoms with Crippen molar-refractivity contribution in [2.45, 2.75) is 12.8 Å². The molecule has 0 saturated carbocycles. The maximum atomic E-state index is 12.3. The molecule has 0 radical (unpaired) electrons. The van der Waals surface area contributed by atoms with Gasteiger partial charge in [-0.05, 0) is 30.6 Å². The maximum Gasteiger partial charge on any atom is 0.393 e. The lowest BCUT2D eigenvalue weighted by Crippen LogP contribution is -2.22. The molecule has 0 aliphatic carbocycles. The van der Waals surface area contributed by atoms with Gasteiger partial charge >= 0.3 is 5.88 Å². The normalized spacial score (nSPS) is 12.2. The average molecular weight is 330 g/mol. The van der Waals surface area contributed by atoms with Crippen LogP contribution >= 0.6 is 12.2 Å². The lowest BCUT2D eigenvalue weighted by molar-refractivity contribution is -0.462. The minimum absolute atomic E-state index is 0.0304. The van der Waals surface area contributed by atoms with Gasteiger partial charge in [0, 0.05) is 5.56 Å². The zero-order chi connectivity index (χ0) is 16.6. The Labute approximate surface area is 135 Å². The van der Waals surface area contributed by atoms with Crippen LogP contribution in [0.3, 0.4) is 0 Å². The van der Waals surface area contributed by atoms with Gasteiger partial charge in [0.1, 0.15) is 5.56 Å². The van der Waals surface area contributed by atoms with Crippen LogP contribution in [0.5, 0.6) is 11.8 Å². The van der Waals surface area contributed by atoms with Crippen LogP contribution in [0, 0.1) is 11.7 Å². The number of aromatic amines is 4. The maximum absolute atomic E-state index is 12.3. The van der Waals surface area contributed by atoms with Crippen LogP contribution in [-0.4, -0.2) is 20.2 Å². The highest BCUT2D eigenvalue weighted by molar-refractivity contribution is 7.71. The van der Waals surface area contributed by atoms with E-state index in [0.717, 1.165) is 0 Å². The summed E-state index contributed by atoms with van der Waals surface area (Å²) in [5.41, 5.74) is 1.15. The number of nitrogens with one attached hydrogen (secondary N) is 4. The van der Waals surface area contributed by atoms with E-state index in [9.17, 15) is 15.0 Å². The van der Waals surface area contributed by atoms with Gasteiger partial charge < -0.3 is 15.2 Å². The molecule has 0 saturated heterocycles. The fourth-order valence-electron chi connectivity index (χ4n) is 2.68. The number of rotatable bonds is 3. The van der Waals surface area contributed by atoms with Crippen LogP contribution in [0.15, 0.2) is 35.1 Å². The third kappa shape index (κ3) is 2.64. The number of aromatic nitrogens is 4. The second kappa shape index (κ2) is 5.73. The first-order chi connectivity index (χ1) is 11.0. The highest BCUT2D eigenvalue weighted by atomic mass is 32.1. The number of H-pyrrole nitrogens is 4. The molecule has 0 aliphatic heterocycles. The smallest absolute Gasteiger partial charge is 0.393 e. The van der Waals surface area contributed by atoms with Crippen LogP contribution in [0.2, 0.25) is 0 Å². The first-order valence-corrected chi connectivity index (χ1v) is 7.27. The predicted molar refractivity (Wildman–Crippen MR) is 82.8 cm³/mol. The van der Waals surface area contributed by atoms with E-state index in [2.05, 4.69) is 20.2 Å². The average Bonchev–Trinajstić information content (AvgIpc) is 2.83. The zero-order valence-electron chi connectivity index (χ0n) is 12.1. The van der Waals surface area contributed by atoms with Crippen molar-refractivity contribution >= 4 is 12.2 Å². The molecule has 1 atom stereocenters. The second-order valence-corrected chi connectivity index (χ2v) is 5.54. The summed E-state index contributed by atoms with van der Waals surface area (Å²) in [5, 5.41) is 27.9. The first kappa shape index (κ1) is 15.0. The lowest BCUT2D eigenvalue weighted by atomic mass is 9.86. The minimum Gasteiger partial charge on any atom is -0.860 e. The van der Waals surface area contributed by atoms with Crippen molar-refractivity contribution in [1.82, 2.24) is 15.1 Å². The van der Waals surface area contributed by atoms with E-state index in [1.165, 1.54) is 0 Å². The number of aryl methyl sites for hydroxylation is 1. The first-order valence-electron chi connectivity index (χ1n) is 6.86. The Balaban J connectivity index is 2.35. The summed E-state index contributed by atoms with van der Waals surface area (Å²) in [6, 6.07) is 9.01. The summed E-state index contributed by atoms with van der Waals surface area (Å²) in [6.45, 7) is 1.74. The third-order valence-corrected chi connectivity index (χ3v) is 3.89. The Bertz CT molecular complexity index is 939. The zero-order valence-corrected chi connectivity index (χ0v) is 13.0. The fourth-order valence-corrected chi connectivity index (χ4v) is 2.86. The largest absolute Gasteiger partial charge is 0.860 e. The number of aromatic hydroxyl groups is 1. The summed E-state index contributed by atoms with van der Waals surface area (Å²) in [6.07, 6.45) is 0. The van der Waals surface area contributed by atoms with Crippen molar-refractivity contribution < 1.29 is 15.3 Å². The van der Waals surface area contributed by atoms with E-state index < -0.39 is 17.4 Å². The SMILES string of the molecule is Cc1[nH][nH+]c(O)c1[C@@H](c1ccccc1)c1c([O-])[nH]c(=S)[nH]c1=O. The van der Waals surface area contributed by atoms with Gasteiger partial charge in [-0.2, -0.15) is 5.10 Å². The van der Waals surface area contributed by atoms with Gasteiger partial charge in [-0.15, -0.1) is 0 Å². The lowest BCUT2D eigenvalue weighted by Gasteiger charge is -2.21. The molecule has 3 rings (SSSR count). The predicted octanol–water partition coefficient (Wildman–Crippen LogP) is 0.843. The quantitative estimate of drug-likeness (QED) is 0.532. The highest BCUT2D eigenvalue weighted by Crippen LogP contribution is 2.36. The topological polar surface area (TPSA) is 122 Å². The molecule has 2 aromatic heterocycles. The molecule has 8 heteroatoms. The minimum atomic E-state index is -0.734. The Morgan fingerprint density at radius 3 is 2.48 bits per heavy atom. The van der Waals surface area contributed by atoms with Crippen molar-refractivity contribution in [1.29, 1.82) is 0 Å². The number of hydrogen-bond donors (Lipinski definition) is 4. The third-order valence-electron chi connectivity index (χ3n) is 3.68. The molecular formula is C15H14N4O3S. The summed E-state index contributed by atoms with van der Waals surface area (Å²) >= 11 is 4.83. The molecule has 7 nitrogen and oxygen atoms in total. The molecule has 0 spiro atoms. The Morgan fingerprint density at radius 1 is 1.22 bits per heavy atom.